The molecule has 0 heterocycles. The van der Waals surface area contributed by atoms with Crippen molar-refractivity contribution in [3.63, 3.8) is 0 Å². The zero-order valence-corrected chi connectivity index (χ0v) is 24.3. The number of hydrogen-bond acceptors (Lipinski definition) is 4. The molecule has 2 amide bonds. The van der Waals surface area contributed by atoms with Crippen molar-refractivity contribution in [1.29, 1.82) is 0 Å². The molecule has 0 aromatic heterocycles. The molecule has 0 radical (unpaired) electrons. The third-order valence-corrected chi connectivity index (χ3v) is 7.94. The molecule has 0 bridgehead atoms. The Morgan fingerprint density at radius 3 is 2.19 bits per heavy atom. The van der Waals surface area contributed by atoms with Gasteiger partial charge < -0.3 is 10.2 Å². The molecule has 0 saturated heterocycles. The van der Waals surface area contributed by atoms with E-state index in [2.05, 4.69) is 27.9 Å². The molecule has 0 aliphatic heterocycles. The molecular weight excluding hydrogens is 625 g/mol. The summed E-state index contributed by atoms with van der Waals surface area (Å²) in [7, 11) is -3.80. The second kappa shape index (κ2) is 13.3. The van der Waals surface area contributed by atoms with Gasteiger partial charge in [0.25, 0.3) is 0 Å². The standard InChI is InChI=1S/C27H29ClIN3O4S/c1-3-30-27(34)25(17-20-9-5-4-6-10-20)31(18-21-11-7-8-12-24(21)28)26(33)19-32(37(2,35)36)23-15-13-22(29)14-16-23/h4-16,25H,3,17-19H2,1-2H3,(H,30,34)/t25-/m1/s1. The number of carbonyl (C=O) groups is 2. The van der Waals surface area contributed by atoms with E-state index >= 15 is 0 Å². The molecule has 0 aliphatic carbocycles. The largest absolute Gasteiger partial charge is 0.355 e. The van der Waals surface area contributed by atoms with Crippen LogP contribution >= 0.6 is 34.2 Å². The van der Waals surface area contributed by atoms with Crippen molar-refractivity contribution in [1.82, 2.24) is 10.2 Å². The fraction of sp³-hybridized carbons (Fsp3) is 0.259. The quantitative estimate of drug-likeness (QED) is 0.309. The second-order valence-electron chi connectivity index (χ2n) is 8.46. The predicted molar refractivity (Wildman–Crippen MR) is 156 cm³/mol. The Morgan fingerprint density at radius 2 is 1.59 bits per heavy atom. The van der Waals surface area contributed by atoms with Crippen molar-refractivity contribution in [2.24, 2.45) is 0 Å². The average Bonchev–Trinajstić information content (AvgIpc) is 2.86. The second-order valence-corrected chi connectivity index (χ2v) is 12.0. The molecule has 0 fully saturated rings. The lowest BCUT2D eigenvalue weighted by Gasteiger charge is -2.33. The molecule has 3 rings (SSSR count). The smallest absolute Gasteiger partial charge is 0.244 e. The first-order chi connectivity index (χ1) is 17.6. The van der Waals surface area contributed by atoms with Crippen LogP contribution in [0.25, 0.3) is 0 Å². The lowest BCUT2D eigenvalue weighted by Crippen LogP contribution is -2.53. The summed E-state index contributed by atoms with van der Waals surface area (Å²) in [6.45, 7) is 1.77. The van der Waals surface area contributed by atoms with Crippen molar-refractivity contribution in [2.45, 2.75) is 25.9 Å². The zero-order valence-electron chi connectivity index (χ0n) is 20.6. The van der Waals surface area contributed by atoms with Gasteiger partial charge in [-0.3, -0.25) is 13.9 Å². The van der Waals surface area contributed by atoms with Crippen LogP contribution in [0.4, 0.5) is 5.69 Å². The molecule has 0 aliphatic rings. The van der Waals surface area contributed by atoms with Gasteiger partial charge >= 0.3 is 0 Å². The summed E-state index contributed by atoms with van der Waals surface area (Å²) in [6.07, 6.45) is 1.31. The van der Waals surface area contributed by atoms with Crippen LogP contribution in [-0.4, -0.2) is 50.5 Å². The van der Waals surface area contributed by atoms with Crippen molar-refractivity contribution in [2.75, 3.05) is 23.7 Å². The number of anilines is 1. The van der Waals surface area contributed by atoms with Gasteiger partial charge in [0.1, 0.15) is 12.6 Å². The van der Waals surface area contributed by atoms with Gasteiger partial charge in [-0.1, -0.05) is 60.1 Å². The highest BCUT2D eigenvalue weighted by Gasteiger charge is 2.33. The van der Waals surface area contributed by atoms with E-state index in [1.807, 2.05) is 30.3 Å². The van der Waals surface area contributed by atoms with Gasteiger partial charge in [-0.25, -0.2) is 8.42 Å². The van der Waals surface area contributed by atoms with Gasteiger partial charge in [0, 0.05) is 28.1 Å². The highest BCUT2D eigenvalue weighted by molar-refractivity contribution is 14.1. The minimum Gasteiger partial charge on any atom is -0.355 e. The van der Waals surface area contributed by atoms with Crippen molar-refractivity contribution in [3.05, 3.63) is 98.6 Å². The van der Waals surface area contributed by atoms with Gasteiger partial charge in [-0.05, 0) is 71.0 Å². The predicted octanol–water partition coefficient (Wildman–Crippen LogP) is 4.49. The summed E-state index contributed by atoms with van der Waals surface area (Å²) in [5, 5.41) is 3.28. The van der Waals surface area contributed by atoms with E-state index in [1.54, 1.807) is 55.5 Å². The van der Waals surface area contributed by atoms with Crippen molar-refractivity contribution >= 4 is 61.7 Å². The van der Waals surface area contributed by atoms with Crippen LogP contribution in [0.5, 0.6) is 0 Å². The molecule has 3 aromatic rings. The summed E-state index contributed by atoms with van der Waals surface area (Å²) in [4.78, 5) is 28.6. The van der Waals surface area contributed by atoms with E-state index in [0.717, 1.165) is 19.7 Å². The maximum Gasteiger partial charge on any atom is 0.244 e. The molecule has 10 heteroatoms. The number of sulfonamides is 1. The van der Waals surface area contributed by atoms with Gasteiger partial charge in [-0.2, -0.15) is 0 Å². The fourth-order valence-corrected chi connectivity index (χ4v) is 5.28. The molecule has 0 saturated carbocycles. The van der Waals surface area contributed by atoms with Crippen molar-refractivity contribution < 1.29 is 18.0 Å². The van der Waals surface area contributed by atoms with E-state index in [0.29, 0.717) is 22.8 Å². The number of halogens is 2. The van der Waals surface area contributed by atoms with Gasteiger partial charge in [0.2, 0.25) is 21.8 Å². The Bertz CT molecular complexity index is 1320. The number of nitrogens with one attached hydrogen (secondary N) is 1. The molecule has 1 atom stereocenters. The number of carbonyl (C=O) groups excluding carboxylic acids is 2. The van der Waals surface area contributed by atoms with Gasteiger partial charge in [-0.15, -0.1) is 0 Å². The highest BCUT2D eigenvalue weighted by Crippen LogP contribution is 2.23. The first-order valence-electron chi connectivity index (χ1n) is 11.7. The molecule has 0 unspecified atom stereocenters. The van der Waals surface area contributed by atoms with Crippen LogP contribution in [0.3, 0.4) is 0 Å². The Balaban J connectivity index is 2.04. The van der Waals surface area contributed by atoms with E-state index in [9.17, 15) is 18.0 Å². The first-order valence-corrected chi connectivity index (χ1v) is 15.0. The molecule has 37 heavy (non-hydrogen) atoms. The first kappa shape index (κ1) is 28.9. The minimum atomic E-state index is -3.80. The van der Waals surface area contributed by atoms with E-state index < -0.39 is 28.5 Å². The zero-order chi connectivity index (χ0) is 27.0. The number of hydrogen-bond donors (Lipinski definition) is 1. The fourth-order valence-electron chi connectivity index (χ4n) is 3.88. The van der Waals surface area contributed by atoms with E-state index in [1.165, 1.54) is 4.90 Å². The van der Waals surface area contributed by atoms with E-state index in [-0.39, 0.29) is 18.9 Å². The molecule has 196 valence electrons. The number of benzene rings is 3. The number of rotatable bonds is 11. The van der Waals surface area contributed by atoms with Crippen LogP contribution in [0, 0.1) is 3.57 Å². The maximum atomic E-state index is 13.9. The number of nitrogens with zero attached hydrogens (tertiary/aromatic N) is 2. The van der Waals surface area contributed by atoms with Crippen LogP contribution in [0.2, 0.25) is 5.02 Å². The van der Waals surface area contributed by atoms with Crippen LogP contribution in [-0.2, 0) is 32.6 Å². The molecule has 0 spiro atoms. The van der Waals surface area contributed by atoms with Gasteiger partial charge in [0.15, 0.2) is 0 Å². The third-order valence-electron chi connectivity index (χ3n) is 5.71. The molecule has 7 nitrogen and oxygen atoms in total. The Hall–Kier alpha value is -2.63. The third kappa shape index (κ3) is 8.18. The Kier molecular flexibility index (Phi) is 10.4. The molecule has 1 N–H and O–H groups in total. The summed E-state index contributed by atoms with van der Waals surface area (Å²) in [5.41, 5.74) is 1.89. The normalized spacial score (nSPS) is 12.0. The van der Waals surface area contributed by atoms with E-state index in [4.69, 9.17) is 11.6 Å². The lowest BCUT2D eigenvalue weighted by molar-refractivity contribution is -0.140. The Morgan fingerprint density at radius 1 is 0.973 bits per heavy atom. The molecular formula is C27H29ClIN3O4S. The summed E-state index contributed by atoms with van der Waals surface area (Å²) < 4.78 is 27.5. The van der Waals surface area contributed by atoms with Crippen molar-refractivity contribution in [3.8, 4) is 0 Å². The maximum absolute atomic E-state index is 13.9. The lowest BCUT2D eigenvalue weighted by atomic mass is 10.0. The van der Waals surface area contributed by atoms with Crippen LogP contribution < -0.4 is 9.62 Å². The van der Waals surface area contributed by atoms with Crippen LogP contribution in [0.15, 0.2) is 78.9 Å². The summed E-state index contributed by atoms with van der Waals surface area (Å²) in [6, 6.07) is 22.4. The van der Waals surface area contributed by atoms with Crippen LogP contribution in [0.1, 0.15) is 18.1 Å². The monoisotopic (exact) mass is 653 g/mol. The minimum absolute atomic E-state index is 0.0391. The SMILES string of the molecule is CCNC(=O)[C@@H](Cc1ccccc1)N(Cc1ccccc1Cl)C(=O)CN(c1ccc(I)cc1)S(C)(=O)=O. The Labute approximate surface area is 237 Å². The summed E-state index contributed by atoms with van der Waals surface area (Å²) >= 11 is 8.55. The molecule has 3 aromatic carbocycles. The average molecular weight is 654 g/mol. The topological polar surface area (TPSA) is 86.8 Å². The summed E-state index contributed by atoms with van der Waals surface area (Å²) in [5.74, 6) is -0.844. The number of amides is 2. The van der Waals surface area contributed by atoms with Gasteiger partial charge in [0.05, 0.1) is 11.9 Å². The number of likely N-dealkylation sites (N-methyl/N-ethyl adjacent to an activating group) is 1. The highest BCUT2D eigenvalue weighted by atomic mass is 127.